The molecule has 5 nitrogen and oxygen atoms in total. The molecule has 20 heavy (non-hydrogen) atoms. The van der Waals surface area contributed by atoms with Crippen LogP contribution in [0.3, 0.4) is 0 Å². The first-order chi connectivity index (χ1) is 9.49. The van der Waals surface area contributed by atoms with Crippen LogP contribution in [0.1, 0.15) is 31.7 Å². The Morgan fingerprint density at radius 1 is 1.40 bits per heavy atom. The fourth-order valence-electron chi connectivity index (χ4n) is 2.79. The Hall–Kier alpha value is -1.91. The number of rotatable bonds is 4. The second kappa shape index (κ2) is 6.03. The first-order valence-electron chi connectivity index (χ1n) is 6.84. The molecule has 2 rings (SSSR count). The van der Waals surface area contributed by atoms with E-state index < -0.39 is 4.92 Å². The topological polar surface area (TPSA) is 69.4 Å². The molecule has 0 saturated heterocycles. The molecule has 5 heteroatoms. The Morgan fingerprint density at radius 2 is 2.15 bits per heavy atom. The van der Waals surface area contributed by atoms with E-state index in [1.807, 2.05) is 0 Å². The number of carbonyl (C=O) groups excluding carboxylic acids is 1. The summed E-state index contributed by atoms with van der Waals surface area (Å²) in [4.78, 5) is 22.4. The lowest BCUT2D eigenvalue weighted by Gasteiger charge is -2.25. The predicted molar refractivity (Wildman–Crippen MR) is 74.9 cm³/mol. The third kappa shape index (κ3) is 3.35. The van der Waals surface area contributed by atoms with Gasteiger partial charge in [0, 0.05) is 18.4 Å². The first-order valence-corrected chi connectivity index (χ1v) is 6.84. The Kier molecular flexibility index (Phi) is 4.37. The Morgan fingerprint density at radius 3 is 2.80 bits per heavy atom. The number of nitro benzene ring substituents is 1. The number of ketones is 1. The van der Waals surface area contributed by atoms with Crippen molar-refractivity contribution >= 4 is 11.5 Å². The molecule has 108 valence electrons. The standard InChI is InChI=1S/C15H19NO4/c1-10-3-4-15(17)12(5-10)6-11-7-13(16(18)19)9-14(8-11)20-2/h7-10,12H,3-6H2,1-2H3. The zero-order chi connectivity index (χ0) is 14.7. The van der Waals surface area contributed by atoms with Crippen molar-refractivity contribution in [1.29, 1.82) is 0 Å². The minimum absolute atomic E-state index is 0.00987. The average molecular weight is 277 g/mol. The summed E-state index contributed by atoms with van der Waals surface area (Å²) in [7, 11) is 1.48. The van der Waals surface area contributed by atoms with Crippen LogP contribution in [0.5, 0.6) is 5.75 Å². The van der Waals surface area contributed by atoms with Crippen LogP contribution in [0, 0.1) is 22.0 Å². The molecular formula is C15H19NO4. The number of hydrogen-bond donors (Lipinski definition) is 0. The fourth-order valence-corrected chi connectivity index (χ4v) is 2.79. The lowest BCUT2D eigenvalue weighted by molar-refractivity contribution is -0.385. The number of carbonyl (C=O) groups is 1. The first kappa shape index (κ1) is 14.5. The number of methoxy groups -OCH3 is 1. The van der Waals surface area contributed by atoms with E-state index in [1.54, 1.807) is 6.07 Å². The molecule has 2 unspecified atom stereocenters. The fraction of sp³-hybridized carbons (Fsp3) is 0.533. The van der Waals surface area contributed by atoms with E-state index in [9.17, 15) is 14.9 Å². The van der Waals surface area contributed by atoms with E-state index in [4.69, 9.17) is 4.74 Å². The molecule has 1 aromatic carbocycles. The monoisotopic (exact) mass is 277 g/mol. The smallest absolute Gasteiger partial charge is 0.273 e. The Labute approximate surface area is 118 Å². The highest BCUT2D eigenvalue weighted by molar-refractivity contribution is 5.82. The summed E-state index contributed by atoms with van der Waals surface area (Å²) in [5.41, 5.74) is 0.805. The molecule has 1 aromatic rings. The van der Waals surface area contributed by atoms with Gasteiger partial charge in [-0.05, 0) is 36.8 Å². The molecule has 0 aliphatic heterocycles. The van der Waals surface area contributed by atoms with Crippen molar-refractivity contribution in [3.63, 3.8) is 0 Å². The molecule has 0 N–H and O–H groups in total. The molecule has 1 fully saturated rings. The highest BCUT2D eigenvalue weighted by atomic mass is 16.6. The summed E-state index contributed by atoms with van der Waals surface area (Å²) in [6.07, 6.45) is 3.00. The van der Waals surface area contributed by atoms with Crippen LogP contribution >= 0.6 is 0 Å². The lowest BCUT2D eigenvalue weighted by atomic mass is 9.78. The van der Waals surface area contributed by atoms with Crippen LogP contribution in [0.4, 0.5) is 5.69 Å². The summed E-state index contributed by atoms with van der Waals surface area (Å²) < 4.78 is 5.09. The number of nitro groups is 1. The SMILES string of the molecule is COc1cc(CC2CC(C)CCC2=O)cc([N+](=O)[O-])c1. The molecule has 0 spiro atoms. The minimum Gasteiger partial charge on any atom is -0.496 e. The second-order valence-corrected chi connectivity index (χ2v) is 5.54. The van der Waals surface area contributed by atoms with Gasteiger partial charge in [-0.3, -0.25) is 14.9 Å². The van der Waals surface area contributed by atoms with E-state index in [0.29, 0.717) is 24.5 Å². The minimum atomic E-state index is -0.433. The van der Waals surface area contributed by atoms with Crippen LogP contribution in [0.15, 0.2) is 18.2 Å². The molecule has 0 aromatic heterocycles. The molecular weight excluding hydrogens is 258 g/mol. The van der Waals surface area contributed by atoms with Gasteiger partial charge in [-0.2, -0.15) is 0 Å². The van der Waals surface area contributed by atoms with Gasteiger partial charge in [-0.1, -0.05) is 6.92 Å². The van der Waals surface area contributed by atoms with Gasteiger partial charge in [0.05, 0.1) is 18.1 Å². The predicted octanol–water partition coefficient (Wildman–Crippen LogP) is 3.15. The van der Waals surface area contributed by atoms with Crippen molar-refractivity contribution in [2.24, 2.45) is 11.8 Å². The van der Waals surface area contributed by atoms with Crippen LogP contribution < -0.4 is 4.74 Å². The summed E-state index contributed by atoms with van der Waals surface area (Å²) in [6.45, 7) is 2.15. The van der Waals surface area contributed by atoms with Gasteiger partial charge < -0.3 is 4.74 Å². The van der Waals surface area contributed by atoms with Gasteiger partial charge in [-0.25, -0.2) is 0 Å². The van der Waals surface area contributed by atoms with E-state index in [2.05, 4.69) is 6.92 Å². The van der Waals surface area contributed by atoms with Gasteiger partial charge in [0.15, 0.2) is 0 Å². The van der Waals surface area contributed by atoms with Crippen molar-refractivity contribution in [3.05, 3.63) is 33.9 Å². The normalized spacial score (nSPS) is 22.6. The number of hydrogen-bond acceptors (Lipinski definition) is 4. The van der Waals surface area contributed by atoms with Gasteiger partial charge in [0.1, 0.15) is 11.5 Å². The number of nitrogens with zero attached hydrogens (tertiary/aromatic N) is 1. The largest absolute Gasteiger partial charge is 0.496 e. The van der Waals surface area contributed by atoms with Crippen LogP contribution in [0.2, 0.25) is 0 Å². The van der Waals surface area contributed by atoms with Crippen LogP contribution in [-0.2, 0) is 11.2 Å². The van der Waals surface area contributed by atoms with Crippen LogP contribution in [-0.4, -0.2) is 17.8 Å². The lowest BCUT2D eigenvalue weighted by Crippen LogP contribution is -2.25. The van der Waals surface area contributed by atoms with Gasteiger partial charge in [0.2, 0.25) is 0 Å². The molecule has 0 radical (unpaired) electrons. The molecule has 0 heterocycles. The highest BCUT2D eigenvalue weighted by Crippen LogP contribution is 2.31. The third-order valence-corrected chi connectivity index (χ3v) is 3.91. The molecule has 1 aliphatic carbocycles. The summed E-state index contributed by atoms with van der Waals surface area (Å²) in [5.74, 6) is 1.25. The third-order valence-electron chi connectivity index (χ3n) is 3.91. The summed E-state index contributed by atoms with van der Waals surface area (Å²) in [5, 5.41) is 10.9. The summed E-state index contributed by atoms with van der Waals surface area (Å²) >= 11 is 0. The second-order valence-electron chi connectivity index (χ2n) is 5.54. The van der Waals surface area contributed by atoms with Gasteiger partial charge in [-0.15, -0.1) is 0 Å². The number of Topliss-reactive ketones (excluding diaryl/α,β-unsaturated/α-hetero) is 1. The van der Waals surface area contributed by atoms with E-state index in [-0.39, 0.29) is 17.4 Å². The van der Waals surface area contributed by atoms with Gasteiger partial charge >= 0.3 is 0 Å². The molecule has 2 atom stereocenters. The van der Waals surface area contributed by atoms with E-state index >= 15 is 0 Å². The summed E-state index contributed by atoms with van der Waals surface area (Å²) in [6, 6.07) is 4.71. The maximum absolute atomic E-state index is 12.0. The van der Waals surface area contributed by atoms with E-state index in [0.717, 1.165) is 18.4 Å². The van der Waals surface area contributed by atoms with Crippen molar-refractivity contribution in [3.8, 4) is 5.75 Å². The van der Waals surface area contributed by atoms with Crippen molar-refractivity contribution in [2.75, 3.05) is 7.11 Å². The zero-order valence-electron chi connectivity index (χ0n) is 11.8. The van der Waals surface area contributed by atoms with Gasteiger partial charge in [0.25, 0.3) is 5.69 Å². The maximum atomic E-state index is 12.0. The zero-order valence-corrected chi connectivity index (χ0v) is 11.8. The Bertz CT molecular complexity index is 527. The highest BCUT2D eigenvalue weighted by Gasteiger charge is 2.27. The number of non-ortho nitro benzene ring substituents is 1. The molecule has 1 aliphatic rings. The number of ether oxygens (including phenoxy) is 1. The van der Waals surface area contributed by atoms with Crippen molar-refractivity contribution in [1.82, 2.24) is 0 Å². The molecule has 1 saturated carbocycles. The quantitative estimate of drug-likeness (QED) is 0.626. The molecule has 0 amide bonds. The van der Waals surface area contributed by atoms with Crippen LogP contribution in [0.25, 0.3) is 0 Å². The van der Waals surface area contributed by atoms with E-state index in [1.165, 1.54) is 19.2 Å². The maximum Gasteiger partial charge on any atom is 0.273 e. The number of benzene rings is 1. The van der Waals surface area contributed by atoms with Crippen molar-refractivity contribution in [2.45, 2.75) is 32.6 Å². The van der Waals surface area contributed by atoms with Crippen molar-refractivity contribution < 1.29 is 14.5 Å². The average Bonchev–Trinajstić information content (AvgIpc) is 2.42. The molecule has 0 bridgehead atoms. The Balaban J connectivity index is 2.21.